The predicted molar refractivity (Wildman–Crippen MR) is 170 cm³/mol. The van der Waals surface area contributed by atoms with Gasteiger partial charge < -0.3 is 33.2 Å². The zero-order valence-electron chi connectivity index (χ0n) is 28.0. The van der Waals surface area contributed by atoms with Crippen molar-refractivity contribution in [2.75, 3.05) is 13.2 Å². The molecule has 2 aromatic rings. The maximum atomic E-state index is 12.3. The Hall–Kier alpha value is -4.76. The lowest BCUT2D eigenvalue weighted by Gasteiger charge is -2.44. The lowest BCUT2D eigenvalue weighted by molar-refractivity contribution is -0.386. The van der Waals surface area contributed by atoms with E-state index >= 15 is 0 Å². The number of nitro groups is 1. The summed E-state index contributed by atoms with van der Waals surface area (Å²) in [5.74, 6) is -3.80. The van der Waals surface area contributed by atoms with E-state index in [0.717, 1.165) is 20.8 Å². The highest BCUT2D eigenvalue weighted by Gasteiger charge is 2.52. The Morgan fingerprint density at radius 2 is 1.47 bits per heavy atom. The molecule has 0 unspecified atom stereocenters. The van der Waals surface area contributed by atoms with Gasteiger partial charge in [0.25, 0.3) is 0 Å². The molecule has 16 heteroatoms. The molecule has 5 atom stereocenters. The number of carbonyl (C=O) groups is 5. The average Bonchev–Trinajstić information content (AvgIpc) is 2.99. The van der Waals surface area contributed by atoms with Crippen LogP contribution in [0, 0.1) is 10.1 Å². The number of nitro benzene ring substituents is 1. The second-order valence-electron chi connectivity index (χ2n) is 11.5. The van der Waals surface area contributed by atoms with E-state index in [2.05, 4.69) is 0 Å². The number of carbonyl (C=O) groups excluding carboxylic acids is 5. The van der Waals surface area contributed by atoms with Gasteiger partial charge in [0.15, 0.2) is 24.1 Å². The highest BCUT2D eigenvalue weighted by atomic mass is 35.5. The normalized spacial score (nSPS) is 20.4. The van der Waals surface area contributed by atoms with Gasteiger partial charge in [0.1, 0.15) is 18.8 Å². The average molecular weight is 708 g/mol. The topological polar surface area (TPSA) is 193 Å². The molecule has 0 N–H and O–H groups in total. The third-order valence-corrected chi connectivity index (χ3v) is 7.50. The summed E-state index contributed by atoms with van der Waals surface area (Å²) >= 11 is 6.56. The summed E-state index contributed by atoms with van der Waals surface area (Å²) in [4.78, 5) is 71.9. The molecule has 15 nitrogen and oxygen atoms in total. The summed E-state index contributed by atoms with van der Waals surface area (Å²) in [6.45, 7) is 8.73. The second kappa shape index (κ2) is 16.6. The van der Waals surface area contributed by atoms with Crippen molar-refractivity contribution in [1.82, 2.24) is 0 Å². The second-order valence-corrected chi connectivity index (χ2v) is 11.9. The molecule has 0 aromatic heterocycles. The van der Waals surface area contributed by atoms with E-state index < -0.39 is 83.2 Å². The van der Waals surface area contributed by atoms with Gasteiger partial charge in [0, 0.05) is 38.8 Å². The van der Waals surface area contributed by atoms with E-state index in [9.17, 15) is 34.1 Å². The maximum absolute atomic E-state index is 12.3. The van der Waals surface area contributed by atoms with Crippen LogP contribution in [0.5, 0.6) is 5.75 Å². The van der Waals surface area contributed by atoms with Gasteiger partial charge >= 0.3 is 35.5 Å². The van der Waals surface area contributed by atoms with Crippen molar-refractivity contribution in [2.45, 2.75) is 91.0 Å². The van der Waals surface area contributed by atoms with Gasteiger partial charge in [0.2, 0.25) is 5.60 Å². The summed E-state index contributed by atoms with van der Waals surface area (Å²) < 4.78 is 38.6. The number of hydrogen-bond acceptors (Lipinski definition) is 14. The number of nitrogens with zero attached hydrogens (tertiary/aromatic N) is 1. The molecule has 0 radical (unpaired) electrons. The fraction of sp³-hybridized carbons (Fsp3) is 0.485. The van der Waals surface area contributed by atoms with Gasteiger partial charge in [0.05, 0.1) is 11.5 Å². The summed E-state index contributed by atoms with van der Waals surface area (Å²) in [6.07, 6.45) is -6.30. The van der Waals surface area contributed by atoms with Crippen molar-refractivity contribution in [1.29, 1.82) is 0 Å². The molecule has 0 saturated carbocycles. The molecule has 1 heterocycles. The molecule has 2 aromatic carbocycles. The summed E-state index contributed by atoms with van der Waals surface area (Å²) in [5.41, 5.74) is -0.607. The lowest BCUT2D eigenvalue weighted by atomic mass is 9.89. The molecule has 0 spiro atoms. The highest BCUT2D eigenvalue weighted by Crippen LogP contribution is 2.39. The summed E-state index contributed by atoms with van der Waals surface area (Å²) in [7, 11) is 0. The van der Waals surface area contributed by atoms with Crippen LogP contribution in [-0.4, -0.2) is 78.0 Å². The van der Waals surface area contributed by atoms with Crippen LogP contribution in [0.3, 0.4) is 0 Å². The van der Waals surface area contributed by atoms with Crippen molar-refractivity contribution >= 4 is 47.1 Å². The quantitative estimate of drug-likeness (QED) is 0.123. The smallest absolute Gasteiger partial charge is 0.349 e. The number of halogens is 1. The molecular weight excluding hydrogens is 670 g/mol. The maximum Gasteiger partial charge on any atom is 0.349 e. The van der Waals surface area contributed by atoms with Crippen LogP contribution in [0.2, 0.25) is 5.02 Å². The molecule has 1 aliphatic rings. The van der Waals surface area contributed by atoms with E-state index in [1.54, 1.807) is 25.1 Å². The summed E-state index contributed by atoms with van der Waals surface area (Å²) in [5, 5.41) is 12.3. The molecule has 1 aliphatic heterocycles. The van der Waals surface area contributed by atoms with Crippen LogP contribution in [0.25, 0.3) is 0 Å². The van der Waals surface area contributed by atoms with E-state index in [1.165, 1.54) is 39.0 Å². The molecule has 3 rings (SSSR count). The van der Waals surface area contributed by atoms with E-state index in [4.69, 9.17) is 44.8 Å². The SMILES string of the molecule is CCOC(=O)C(C)(C)Oc1ccc(Cc2cc([C@@H]3O[C@H](COC(C)=O)[C@@H](OC(C)=O)[C@H](OC(C)=O)[C@H]3OC(C)=O)ccc2Cl)cc1[N+](=O)[O-]. The van der Waals surface area contributed by atoms with Crippen molar-refractivity contribution < 1.29 is 62.1 Å². The highest BCUT2D eigenvalue weighted by molar-refractivity contribution is 6.31. The van der Waals surface area contributed by atoms with Crippen LogP contribution in [0.4, 0.5) is 5.69 Å². The summed E-state index contributed by atoms with van der Waals surface area (Å²) in [6, 6.07) is 8.95. The molecule has 1 fully saturated rings. The van der Waals surface area contributed by atoms with Gasteiger partial charge in [-0.1, -0.05) is 29.8 Å². The van der Waals surface area contributed by atoms with Gasteiger partial charge in [-0.3, -0.25) is 29.3 Å². The fourth-order valence-electron chi connectivity index (χ4n) is 5.15. The van der Waals surface area contributed by atoms with Crippen LogP contribution in [-0.2, 0) is 58.8 Å². The first kappa shape index (κ1) is 38.7. The molecule has 1 saturated heterocycles. The van der Waals surface area contributed by atoms with E-state index in [-0.39, 0.29) is 23.8 Å². The van der Waals surface area contributed by atoms with Gasteiger partial charge in [-0.25, -0.2) is 4.79 Å². The van der Waals surface area contributed by atoms with Gasteiger partial charge in [-0.2, -0.15) is 0 Å². The number of hydrogen-bond donors (Lipinski definition) is 0. The van der Waals surface area contributed by atoms with Crippen LogP contribution >= 0.6 is 11.6 Å². The number of rotatable bonds is 13. The third kappa shape index (κ3) is 10.4. The van der Waals surface area contributed by atoms with E-state index in [0.29, 0.717) is 16.7 Å². The Kier molecular flexibility index (Phi) is 13.1. The molecular formula is C33H38ClNO14. The van der Waals surface area contributed by atoms with Gasteiger partial charge in [-0.15, -0.1) is 0 Å². The Balaban J connectivity index is 2.05. The predicted octanol–water partition coefficient (Wildman–Crippen LogP) is 4.36. The minimum absolute atomic E-state index is 0.0698. The Labute approximate surface area is 287 Å². The Bertz CT molecular complexity index is 1590. The third-order valence-electron chi connectivity index (χ3n) is 7.14. The largest absolute Gasteiger partial charge is 0.469 e. The van der Waals surface area contributed by atoms with Crippen molar-refractivity contribution in [3.8, 4) is 5.75 Å². The Morgan fingerprint density at radius 1 is 0.857 bits per heavy atom. The first-order valence-electron chi connectivity index (χ1n) is 15.2. The molecule has 0 aliphatic carbocycles. The number of esters is 5. The van der Waals surface area contributed by atoms with Crippen molar-refractivity contribution in [3.63, 3.8) is 0 Å². The standard InChI is InChI=1S/C33H38ClNO14/c1-8-43-32(40)33(6,7)49-26-12-9-21(14-25(26)35(41)42)13-23-15-22(10-11-24(23)34)28-30(46-19(4)38)31(47-20(5)39)29(45-18(3)37)27(48-28)16-44-17(2)36/h9-12,14-15,27-31H,8,13,16H2,1-7H3/t27-,28+,29-,30+,31+/m1/s1. The minimum Gasteiger partial charge on any atom is -0.469 e. The van der Waals surface area contributed by atoms with Crippen molar-refractivity contribution in [2.24, 2.45) is 0 Å². The first-order chi connectivity index (χ1) is 22.9. The molecule has 0 amide bonds. The Morgan fingerprint density at radius 3 is 2.04 bits per heavy atom. The van der Waals surface area contributed by atoms with Crippen molar-refractivity contribution in [3.05, 3.63) is 68.2 Å². The monoisotopic (exact) mass is 707 g/mol. The zero-order chi connectivity index (χ0) is 36.6. The minimum atomic E-state index is -1.51. The number of ether oxygens (including phenoxy) is 7. The fourth-order valence-corrected chi connectivity index (χ4v) is 5.33. The number of benzene rings is 2. The molecule has 49 heavy (non-hydrogen) atoms. The lowest BCUT2D eigenvalue weighted by Crippen LogP contribution is -2.59. The molecule has 266 valence electrons. The molecule has 0 bridgehead atoms. The van der Waals surface area contributed by atoms with Gasteiger partial charge in [-0.05, 0) is 56.0 Å². The van der Waals surface area contributed by atoms with Crippen LogP contribution in [0.1, 0.15) is 71.3 Å². The van der Waals surface area contributed by atoms with E-state index in [1.807, 2.05) is 0 Å². The van der Waals surface area contributed by atoms with Crippen LogP contribution in [0.15, 0.2) is 36.4 Å². The zero-order valence-corrected chi connectivity index (χ0v) is 28.8. The first-order valence-corrected chi connectivity index (χ1v) is 15.5. The van der Waals surface area contributed by atoms with Crippen LogP contribution < -0.4 is 4.74 Å².